The first-order chi connectivity index (χ1) is 5.18. The van der Waals surface area contributed by atoms with Gasteiger partial charge < -0.3 is 0 Å². The molecule has 0 amide bonds. The van der Waals surface area contributed by atoms with E-state index in [1.165, 1.54) is 0 Å². The lowest BCUT2D eigenvalue weighted by Crippen LogP contribution is -1.75. The molecule has 0 heterocycles. The minimum absolute atomic E-state index is 0.109. The Morgan fingerprint density at radius 3 is 2.18 bits per heavy atom. The second-order valence-electron chi connectivity index (χ2n) is 2.34. The van der Waals surface area contributed by atoms with E-state index in [1.54, 1.807) is 0 Å². The number of hydrogen-bond donors (Lipinski definition) is 0. The van der Waals surface area contributed by atoms with Crippen LogP contribution in [0, 0.1) is 0 Å². The first-order valence-corrected chi connectivity index (χ1v) is 5.61. The van der Waals surface area contributed by atoms with Gasteiger partial charge in [0.05, 0.1) is 5.69 Å². The third kappa shape index (κ3) is 3.04. The molecule has 1 aromatic carbocycles. The molecule has 1 aromatic rings. The summed E-state index contributed by atoms with van der Waals surface area (Å²) in [5.74, 6) is 0. The molecule has 1 nitrogen and oxygen atoms in total. The van der Waals surface area contributed by atoms with Crippen molar-refractivity contribution >= 4 is 28.0 Å². The quantitative estimate of drug-likeness (QED) is 0.641. The van der Waals surface area contributed by atoms with Crippen molar-refractivity contribution in [3.63, 3.8) is 0 Å². The lowest BCUT2D eigenvalue weighted by molar-refractivity contribution is 1.56. The summed E-state index contributed by atoms with van der Waals surface area (Å²) >= 11 is 5.71. The Kier molecular flexibility index (Phi) is 3.09. The van der Waals surface area contributed by atoms with E-state index in [9.17, 15) is 0 Å². The summed E-state index contributed by atoms with van der Waals surface area (Å²) in [6.07, 6.45) is 4.16. The molecule has 0 saturated carbocycles. The summed E-state index contributed by atoms with van der Waals surface area (Å²) in [6, 6.07) is 7.56. The lowest BCUT2D eigenvalue weighted by Gasteiger charge is -1.94. The first kappa shape index (κ1) is 8.75. The standard InChI is InChI=1S/C8H10ClNS/c1-11(2)10-8-5-3-7(9)4-6-8/h3-6H,1-2H3. The van der Waals surface area contributed by atoms with E-state index in [0.29, 0.717) is 0 Å². The second-order valence-corrected chi connectivity index (χ2v) is 4.51. The molecule has 0 saturated heterocycles. The van der Waals surface area contributed by atoms with E-state index in [-0.39, 0.29) is 10.7 Å². The maximum absolute atomic E-state index is 5.71. The van der Waals surface area contributed by atoms with Crippen molar-refractivity contribution in [3.8, 4) is 0 Å². The van der Waals surface area contributed by atoms with Gasteiger partial charge in [0.15, 0.2) is 0 Å². The van der Waals surface area contributed by atoms with Crippen molar-refractivity contribution in [3.05, 3.63) is 29.3 Å². The van der Waals surface area contributed by atoms with Gasteiger partial charge in [-0.15, -0.1) is 10.7 Å². The van der Waals surface area contributed by atoms with Crippen LogP contribution < -0.4 is 0 Å². The topological polar surface area (TPSA) is 12.4 Å². The maximum Gasteiger partial charge on any atom is 0.0703 e. The monoisotopic (exact) mass is 187 g/mol. The molecule has 0 N–H and O–H groups in total. The van der Waals surface area contributed by atoms with Crippen LogP contribution in [0.3, 0.4) is 0 Å². The third-order valence-corrected chi connectivity index (χ3v) is 1.94. The number of rotatable bonds is 1. The normalized spacial score (nSPS) is 10.2. The van der Waals surface area contributed by atoms with Gasteiger partial charge in [0.2, 0.25) is 0 Å². The minimum Gasteiger partial charge on any atom is -0.229 e. The molecular formula is C8H10ClNS. The van der Waals surface area contributed by atoms with Gasteiger partial charge >= 0.3 is 0 Å². The highest BCUT2D eigenvalue weighted by molar-refractivity contribution is 7.85. The Morgan fingerprint density at radius 2 is 1.73 bits per heavy atom. The van der Waals surface area contributed by atoms with E-state index >= 15 is 0 Å². The van der Waals surface area contributed by atoms with E-state index < -0.39 is 0 Å². The number of nitrogens with zero attached hydrogens (tertiary/aromatic N) is 1. The Bertz CT molecular complexity index is 262. The Balaban J connectivity index is 2.91. The smallest absolute Gasteiger partial charge is 0.0703 e. The van der Waals surface area contributed by atoms with E-state index in [4.69, 9.17) is 11.6 Å². The van der Waals surface area contributed by atoms with Gasteiger partial charge in [0.1, 0.15) is 0 Å². The lowest BCUT2D eigenvalue weighted by atomic mass is 10.3. The molecule has 0 atom stereocenters. The van der Waals surface area contributed by atoms with Crippen molar-refractivity contribution in [1.82, 2.24) is 0 Å². The van der Waals surface area contributed by atoms with Crippen LogP contribution in [-0.4, -0.2) is 12.5 Å². The van der Waals surface area contributed by atoms with Crippen molar-refractivity contribution in [2.75, 3.05) is 12.5 Å². The highest BCUT2D eigenvalue weighted by Gasteiger charge is 1.88. The molecule has 0 fully saturated rings. The molecule has 0 bridgehead atoms. The van der Waals surface area contributed by atoms with Crippen molar-refractivity contribution < 1.29 is 0 Å². The number of halogens is 1. The molecule has 0 aliphatic carbocycles. The zero-order chi connectivity index (χ0) is 8.27. The fraction of sp³-hybridized carbons (Fsp3) is 0.250. The molecular weight excluding hydrogens is 178 g/mol. The SMILES string of the molecule is CS(C)=Nc1ccc(Cl)cc1. The Morgan fingerprint density at radius 1 is 1.18 bits per heavy atom. The van der Waals surface area contributed by atoms with Crippen molar-refractivity contribution in [2.24, 2.45) is 4.36 Å². The van der Waals surface area contributed by atoms with Gasteiger partial charge in [-0.2, -0.15) is 0 Å². The average molecular weight is 188 g/mol. The van der Waals surface area contributed by atoms with Crippen LogP contribution >= 0.6 is 11.6 Å². The second kappa shape index (κ2) is 3.88. The van der Waals surface area contributed by atoms with E-state index in [1.807, 2.05) is 24.3 Å². The highest BCUT2D eigenvalue weighted by Crippen LogP contribution is 2.16. The molecule has 3 heteroatoms. The van der Waals surface area contributed by atoms with Crippen LogP contribution in [0.1, 0.15) is 0 Å². The zero-order valence-corrected chi connectivity index (χ0v) is 8.12. The minimum atomic E-state index is 0.109. The first-order valence-electron chi connectivity index (χ1n) is 3.23. The summed E-state index contributed by atoms with van der Waals surface area (Å²) < 4.78 is 4.37. The molecule has 0 aromatic heterocycles. The molecule has 60 valence electrons. The fourth-order valence-electron chi connectivity index (χ4n) is 0.713. The largest absolute Gasteiger partial charge is 0.229 e. The molecule has 0 unspecified atom stereocenters. The van der Waals surface area contributed by atoms with Gasteiger partial charge in [-0.3, -0.25) is 0 Å². The summed E-state index contributed by atoms with van der Waals surface area (Å²) in [5, 5.41) is 0.760. The van der Waals surface area contributed by atoms with E-state index in [2.05, 4.69) is 16.9 Å². The number of hydrogen-bond acceptors (Lipinski definition) is 1. The van der Waals surface area contributed by atoms with Crippen LogP contribution in [-0.2, 0) is 10.7 Å². The van der Waals surface area contributed by atoms with Gasteiger partial charge in [0.25, 0.3) is 0 Å². The molecule has 0 spiro atoms. The van der Waals surface area contributed by atoms with Crippen molar-refractivity contribution in [2.45, 2.75) is 0 Å². The summed E-state index contributed by atoms with van der Waals surface area (Å²) in [5.41, 5.74) is 1.00. The van der Waals surface area contributed by atoms with Crippen LogP contribution in [0.15, 0.2) is 28.6 Å². The van der Waals surface area contributed by atoms with Gasteiger partial charge in [-0.25, -0.2) is 4.36 Å². The van der Waals surface area contributed by atoms with Crippen LogP contribution in [0.25, 0.3) is 0 Å². The molecule has 0 aliphatic heterocycles. The van der Waals surface area contributed by atoms with E-state index in [0.717, 1.165) is 10.7 Å². The predicted molar refractivity (Wildman–Crippen MR) is 52.8 cm³/mol. The fourth-order valence-corrected chi connectivity index (χ4v) is 1.38. The number of benzene rings is 1. The third-order valence-electron chi connectivity index (χ3n) is 1.11. The van der Waals surface area contributed by atoms with Crippen LogP contribution in [0.4, 0.5) is 5.69 Å². The summed E-state index contributed by atoms with van der Waals surface area (Å²) in [4.78, 5) is 0. The Labute approximate surface area is 74.5 Å². The van der Waals surface area contributed by atoms with Crippen molar-refractivity contribution in [1.29, 1.82) is 0 Å². The van der Waals surface area contributed by atoms with Gasteiger partial charge in [-0.05, 0) is 36.8 Å². The molecule has 0 radical (unpaired) electrons. The predicted octanol–water partition coefficient (Wildman–Crippen LogP) is 3.03. The zero-order valence-electron chi connectivity index (χ0n) is 6.54. The highest BCUT2D eigenvalue weighted by atomic mass is 35.5. The Hall–Kier alpha value is -0.340. The molecule has 11 heavy (non-hydrogen) atoms. The maximum atomic E-state index is 5.71. The van der Waals surface area contributed by atoms with Gasteiger partial charge in [0, 0.05) is 5.02 Å². The molecule has 0 aliphatic rings. The summed E-state index contributed by atoms with van der Waals surface area (Å²) in [7, 11) is 0.109. The van der Waals surface area contributed by atoms with Crippen LogP contribution in [0.5, 0.6) is 0 Å². The average Bonchev–Trinajstić information content (AvgIpc) is 1.93. The molecule has 1 rings (SSSR count). The summed E-state index contributed by atoms with van der Waals surface area (Å²) in [6.45, 7) is 0. The van der Waals surface area contributed by atoms with Gasteiger partial charge in [-0.1, -0.05) is 11.6 Å². The van der Waals surface area contributed by atoms with Crippen LogP contribution in [0.2, 0.25) is 5.02 Å².